The van der Waals surface area contributed by atoms with Gasteiger partial charge in [0.05, 0.1) is 13.7 Å². The number of carbonyl (C=O) groups is 2. The summed E-state index contributed by atoms with van der Waals surface area (Å²) in [4.78, 5) is 26.9. The summed E-state index contributed by atoms with van der Waals surface area (Å²) in [5.74, 6) is 1.14. The number of likely N-dealkylation sites (N-methyl/N-ethyl adjacent to an activating group) is 1. The zero-order valence-corrected chi connectivity index (χ0v) is 18.4. The first-order valence-corrected chi connectivity index (χ1v) is 10.4. The van der Waals surface area contributed by atoms with Gasteiger partial charge in [-0.2, -0.15) is 0 Å². The van der Waals surface area contributed by atoms with Gasteiger partial charge in [-0.25, -0.2) is 0 Å². The van der Waals surface area contributed by atoms with Crippen LogP contribution in [0, 0.1) is 0 Å². The van der Waals surface area contributed by atoms with Crippen molar-refractivity contribution in [1.82, 2.24) is 10.2 Å². The Kier molecular flexibility index (Phi) is 9.48. The number of benzene rings is 2. The van der Waals surface area contributed by atoms with E-state index < -0.39 is 6.04 Å². The molecule has 0 aliphatic rings. The Morgan fingerprint density at radius 2 is 1.87 bits per heavy atom. The maximum Gasteiger partial charge on any atom is 0.242 e. The van der Waals surface area contributed by atoms with Crippen molar-refractivity contribution in [1.29, 1.82) is 0 Å². The lowest BCUT2D eigenvalue weighted by molar-refractivity contribution is -0.140. The molecule has 2 aromatic rings. The molecule has 0 saturated carbocycles. The highest BCUT2D eigenvalue weighted by molar-refractivity contribution is 6.30. The molecule has 0 fully saturated rings. The van der Waals surface area contributed by atoms with Gasteiger partial charge in [-0.3, -0.25) is 9.59 Å². The zero-order chi connectivity index (χ0) is 21.9. The number of hydrogen-bond donors (Lipinski definition) is 1. The Hall–Kier alpha value is -2.73. The molecular formula is C23H29ClN2O4. The fraction of sp³-hybridized carbons (Fsp3) is 0.391. The summed E-state index contributed by atoms with van der Waals surface area (Å²) in [6.45, 7) is 4.84. The largest absolute Gasteiger partial charge is 0.497 e. The van der Waals surface area contributed by atoms with Crippen LogP contribution in [0.2, 0.25) is 5.02 Å². The van der Waals surface area contributed by atoms with Gasteiger partial charge in [-0.05, 0) is 62.2 Å². The third-order valence-electron chi connectivity index (χ3n) is 4.62. The summed E-state index contributed by atoms with van der Waals surface area (Å²) in [5, 5.41) is 3.43. The van der Waals surface area contributed by atoms with E-state index in [0.29, 0.717) is 42.6 Å². The third-order valence-corrected chi connectivity index (χ3v) is 4.87. The molecule has 0 aliphatic heterocycles. The Balaban J connectivity index is 1.99. The van der Waals surface area contributed by atoms with E-state index in [2.05, 4.69) is 5.32 Å². The van der Waals surface area contributed by atoms with E-state index in [1.54, 1.807) is 43.2 Å². The molecule has 2 rings (SSSR count). The molecule has 0 radical (unpaired) electrons. The minimum atomic E-state index is -0.583. The van der Waals surface area contributed by atoms with Crippen molar-refractivity contribution < 1.29 is 19.1 Å². The lowest BCUT2D eigenvalue weighted by Crippen LogP contribution is -2.47. The number of rotatable bonds is 11. The smallest absolute Gasteiger partial charge is 0.242 e. The number of amides is 2. The van der Waals surface area contributed by atoms with E-state index in [-0.39, 0.29) is 18.2 Å². The first-order chi connectivity index (χ1) is 14.4. The fourth-order valence-corrected chi connectivity index (χ4v) is 3.09. The third kappa shape index (κ3) is 7.26. The lowest BCUT2D eigenvalue weighted by Gasteiger charge is -2.29. The second kappa shape index (κ2) is 12.1. The summed E-state index contributed by atoms with van der Waals surface area (Å²) in [5.41, 5.74) is 0.899. The minimum absolute atomic E-state index is 0.101. The standard InChI is InChI=1S/C23H29ClN2O4/c1-4-25-23(28)17(2)26(16-18-7-5-8-21(15-18)29-3)22(27)9-6-14-30-20-12-10-19(24)11-13-20/h5,7-8,10-13,15,17H,4,6,9,14,16H2,1-3H3,(H,25,28). The highest BCUT2D eigenvalue weighted by Crippen LogP contribution is 2.18. The van der Waals surface area contributed by atoms with E-state index in [9.17, 15) is 9.59 Å². The van der Waals surface area contributed by atoms with Gasteiger partial charge in [0.1, 0.15) is 17.5 Å². The van der Waals surface area contributed by atoms with Crippen molar-refractivity contribution in [2.45, 2.75) is 39.3 Å². The van der Waals surface area contributed by atoms with Crippen molar-refractivity contribution in [2.24, 2.45) is 0 Å². The van der Waals surface area contributed by atoms with Crippen LogP contribution in [-0.4, -0.2) is 43.0 Å². The number of methoxy groups -OCH3 is 1. The quantitative estimate of drug-likeness (QED) is 0.544. The predicted molar refractivity (Wildman–Crippen MR) is 118 cm³/mol. The molecule has 1 atom stereocenters. The average Bonchev–Trinajstić information content (AvgIpc) is 2.76. The SMILES string of the molecule is CCNC(=O)C(C)N(Cc1cccc(OC)c1)C(=O)CCCOc1ccc(Cl)cc1. The molecule has 2 aromatic carbocycles. The molecule has 30 heavy (non-hydrogen) atoms. The summed E-state index contributed by atoms with van der Waals surface area (Å²) < 4.78 is 10.9. The second-order valence-corrected chi connectivity index (χ2v) is 7.29. The fourth-order valence-electron chi connectivity index (χ4n) is 2.96. The first-order valence-electron chi connectivity index (χ1n) is 10.0. The summed E-state index contributed by atoms with van der Waals surface area (Å²) >= 11 is 5.87. The monoisotopic (exact) mass is 432 g/mol. The van der Waals surface area contributed by atoms with Gasteiger partial charge in [0, 0.05) is 24.5 Å². The van der Waals surface area contributed by atoms with Gasteiger partial charge in [0.25, 0.3) is 0 Å². The van der Waals surface area contributed by atoms with Gasteiger partial charge in [-0.15, -0.1) is 0 Å². The van der Waals surface area contributed by atoms with Crippen LogP contribution < -0.4 is 14.8 Å². The number of nitrogens with one attached hydrogen (secondary N) is 1. The lowest BCUT2D eigenvalue weighted by atomic mass is 10.1. The van der Waals surface area contributed by atoms with E-state index >= 15 is 0 Å². The second-order valence-electron chi connectivity index (χ2n) is 6.85. The molecule has 0 bridgehead atoms. The molecule has 162 valence electrons. The molecule has 0 heterocycles. The van der Waals surface area contributed by atoms with Gasteiger partial charge in [-0.1, -0.05) is 23.7 Å². The van der Waals surface area contributed by atoms with Crippen LogP contribution in [0.4, 0.5) is 0 Å². The topological polar surface area (TPSA) is 67.9 Å². The molecule has 0 spiro atoms. The highest BCUT2D eigenvalue weighted by Gasteiger charge is 2.25. The Bertz CT molecular complexity index is 826. The number of halogens is 1. The number of hydrogen-bond acceptors (Lipinski definition) is 4. The van der Waals surface area contributed by atoms with Crippen LogP contribution in [0.15, 0.2) is 48.5 Å². The Morgan fingerprint density at radius 3 is 2.53 bits per heavy atom. The molecule has 0 aromatic heterocycles. The van der Waals surface area contributed by atoms with Crippen LogP contribution in [0.5, 0.6) is 11.5 Å². The average molecular weight is 433 g/mol. The zero-order valence-electron chi connectivity index (χ0n) is 17.7. The van der Waals surface area contributed by atoms with Crippen LogP contribution >= 0.6 is 11.6 Å². The molecule has 1 N–H and O–H groups in total. The van der Waals surface area contributed by atoms with Crippen molar-refractivity contribution in [3.8, 4) is 11.5 Å². The normalized spacial score (nSPS) is 11.5. The summed E-state index contributed by atoms with van der Waals surface area (Å²) in [6.07, 6.45) is 0.819. The van der Waals surface area contributed by atoms with Gasteiger partial charge in [0.2, 0.25) is 11.8 Å². The summed E-state index contributed by atoms with van der Waals surface area (Å²) in [6, 6.07) is 14.0. The predicted octanol–water partition coefficient (Wildman–Crippen LogP) is 4.06. The first kappa shape index (κ1) is 23.5. The molecule has 6 nitrogen and oxygen atoms in total. The molecule has 2 amide bonds. The number of ether oxygens (including phenoxy) is 2. The van der Waals surface area contributed by atoms with Crippen LogP contribution in [-0.2, 0) is 16.1 Å². The van der Waals surface area contributed by atoms with E-state index in [1.165, 1.54) is 0 Å². The molecule has 7 heteroatoms. The number of nitrogens with zero attached hydrogens (tertiary/aromatic N) is 1. The van der Waals surface area contributed by atoms with Crippen LogP contribution in [0.3, 0.4) is 0 Å². The van der Waals surface area contributed by atoms with E-state index in [0.717, 1.165) is 5.56 Å². The maximum atomic E-state index is 12.9. The Morgan fingerprint density at radius 1 is 1.13 bits per heavy atom. The van der Waals surface area contributed by atoms with E-state index in [1.807, 2.05) is 31.2 Å². The molecule has 0 saturated heterocycles. The van der Waals surface area contributed by atoms with Gasteiger partial charge >= 0.3 is 0 Å². The van der Waals surface area contributed by atoms with Crippen molar-refractivity contribution >= 4 is 23.4 Å². The summed E-state index contributed by atoms with van der Waals surface area (Å²) in [7, 11) is 1.60. The maximum absolute atomic E-state index is 12.9. The van der Waals surface area contributed by atoms with Crippen molar-refractivity contribution in [2.75, 3.05) is 20.3 Å². The number of carbonyl (C=O) groups excluding carboxylic acids is 2. The van der Waals surface area contributed by atoms with Crippen molar-refractivity contribution in [3.05, 3.63) is 59.1 Å². The molecule has 0 aliphatic carbocycles. The van der Waals surface area contributed by atoms with Gasteiger partial charge < -0.3 is 19.7 Å². The van der Waals surface area contributed by atoms with Crippen molar-refractivity contribution in [3.63, 3.8) is 0 Å². The van der Waals surface area contributed by atoms with Crippen LogP contribution in [0.25, 0.3) is 0 Å². The molecule has 1 unspecified atom stereocenters. The molecular weight excluding hydrogens is 404 g/mol. The Labute approximate surface area is 183 Å². The highest BCUT2D eigenvalue weighted by atomic mass is 35.5. The minimum Gasteiger partial charge on any atom is -0.497 e. The van der Waals surface area contributed by atoms with Crippen LogP contribution in [0.1, 0.15) is 32.3 Å². The van der Waals surface area contributed by atoms with E-state index in [4.69, 9.17) is 21.1 Å². The van der Waals surface area contributed by atoms with Gasteiger partial charge in [0.15, 0.2) is 0 Å².